The molecule has 0 aromatic carbocycles. The molecule has 0 bridgehead atoms. The molecule has 0 atom stereocenters. The number of hydrogen-bond donors (Lipinski definition) is 0. The van der Waals surface area contributed by atoms with Gasteiger partial charge in [-0.05, 0) is 11.2 Å². The maximum absolute atomic E-state index is 5.12. The Hall–Kier alpha value is 0.155. The molecule has 0 N–H and O–H groups in total. The number of rotatable bonds is 3. The lowest BCUT2D eigenvalue weighted by molar-refractivity contribution is 0.104. The van der Waals surface area contributed by atoms with Crippen molar-refractivity contribution in [2.45, 2.75) is 19.1 Å². The van der Waals surface area contributed by atoms with Crippen LogP contribution in [0.2, 0.25) is 0 Å². The van der Waals surface area contributed by atoms with Crippen molar-refractivity contribution < 1.29 is 4.74 Å². The minimum atomic E-state index is -1.47. The first kappa shape index (κ1) is 9.15. The fourth-order valence-electron chi connectivity index (χ4n) is 0.311. The van der Waals surface area contributed by atoms with Crippen LogP contribution in [-0.4, -0.2) is 35.4 Å². The van der Waals surface area contributed by atoms with Gasteiger partial charge in [0.1, 0.15) is 0 Å². The molecular weight excluding hydrogens is 108 g/mol. The van der Waals surface area contributed by atoms with Gasteiger partial charge in [-0.2, -0.15) is 0 Å². The molecule has 1 nitrogen and oxygen atoms in total. The summed E-state index contributed by atoms with van der Waals surface area (Å²) in [6.45, 7) is 4.47. The van der Waals surface area contributed by atoms with Crippen LogP contribution in [-0.2, 0) is 4.74 Å². The molecule has 4 heteroatoms. The lowest BCUT2D eigenvalue weighted by atomic mass is 9.52. The molecule has 0 aliphatic heterocycles. The first-order valence-corrected chi connectivity index (χ1v) is 2.92. The van der Waals surface area contributed by atoms with E-state index >= 15 is 0 Å². The summed E-state index contributed by atoms with van der Waals surface area (Å²) in [5.41, 5.74) is 0. The smallest absolute Gasteiger partial charge is 0.0861 e. The summed E-state index contributed by atoms with van der Waals surface area (Å²) in [6.07, 6.45) is 0. The molecule has 6 radical (unpaired) electrons. The van der Waals surface area contributed by atoms with E-state index in [1.807, 2.05) is 13.8 Å². The normalized spacial score (nSPS) is 12.3. The average molecular weight is 118 g/mol. The van der Waals surface area contributed by atoms with Crippen LogP contribution in [0.4, 0.5) is 0 Å². The highest BCUT2D eigenvalue weighted by atomic mass is 16.5. The van der Waals surface area contributed by atoms with E-state index in [2.05, 4.69) is 0 Å². The Morgan fingerprint density at radius 3 is 1.89 bits per heavy atom. The van der Waals surface area contributed by atoms with E-state index in [-0.39, 0.29) is 0 Å². The van der Waals surface area contributed by atoms with Crippen molar-refractivity contribution in [2.75, 3.05) is 6.61 Å². The third-order valence-electron chi connectivity index (χ3n) is 0.667. The first-order valence-electron chi connectivity index (χ1n) is 2.92. The Morgan fingerprint density at radius 2 is 1.78 bits per heavy atom. The molecule has 0 rings (SSSR count). The van der Waals surface area contributed by atoms with Crippen LogP contribution < -0.4 is 0 Å². The SMILES string of the molecule is [B]C([B])([B])OCC(C)C. The van der Waals surface area contributed by atoms with Crippen LogP contribution in [0.15, 0.2) is 0 Å². The molecule has 0 aliphatic rings. The van der Waals surface area contributed by atoms with Gasteiger partial charge < -0.3 is 4.74 Å². The zero-order valence-electron chi connectivity index (χ0n) is 5.92. The van der Waals surface area contributed by atoms with Gasteiger partial charge in [-0.3, -0.25) is 0 Å². The van der Waals surface area contributed by atoms with Crippen LogP contribution in [0.5, 0.6) is 0 Å². The highest BCUT2D eigenvalue weighted by molar-refractivity contribution is 6.58. The highest BCUT2D eigenvalue weighted by Crippen LogP contribution is 1.98. The predicted octanol–water partition coefficient (Wildman–Crippen LogP) is -0.224. The molecule has 0 spiro atoms. The number of ether oxygens (including phenoxy) is 1. The summed E-state index contributed by atoms with van der Waals surface area (Å²) < 4.78 is 4.82. The molecule has 9 heavy (non-hydrogen) atoms. The Morgan fingerprint density at radius 1 is 1.33 bits per heavy atom. The summed E-state index contributed by atoms with van der Waals surface area (Å²) in [5.74, 6) is 0.403. The maximum Gasteiger partial charge on any atom is 0.0861 e. The van der Waals surface area contributed by atoms with Gasteiger partial charge in [-0.1, -0.05) is 13.8 Å². The second kappa shape index (κ2) is 3.35. The molecule has 0 amide bonds. The van der Waals surface area contributed by atoms with Gasteiger partial charge in [0.2, 0.25) is 0 Å². The Labute approximate surface area is 60.8 Å². The Balaban J connectivity index is 3.28. The topological polar surface area (TPSA) is 9.23 Å². The quantitative estimate of drug-likeness (QED) is 0.465. The lowest BCUT2D eigenvalue weighted by Crippen LogP contribution is -2.35. The van der Waals surface area contributed by atoms with Crippen LogP contribution in [0.3, 0.4) is 0 Å². The van der Waals surface area contributed by atoms with Crippen molar-refractivity contribution in [3.63, 3.8) is 0 Å². The van der Waals surface area contributed by atoms with Gasteiger partial charge in [-0.15, -0.1) is 0 Å². The predicted molar refractivity (Wildman–Crippen MR) is 40.8 cm³/mol. The van der Waals surface area contributed by atoms with E-state index in [1.165, 1.54) is 0 Å². The zero-order chi connectivity index (χ0) is 7.49. The van der Waals surface area contributed by atoms with Gasteiger partial charge in [0.25, 0.3) is 0 Å². The molecule has 0 aromatic rings. The van der Waals surface area contributed by atoms with E-state index in [0.29, 0.717) is 12.5 Å². The third kappa shape index (κ3) is 8.15. The summed E-state index contributed by atoms with van der Waals surface area (Å²) >= 11 is 0. The van der Waals surface area contributed by atoms with Crippen LogP contribution in [0, 0.1) is 5.92 Å². The first-order chi connectivity index (χ1) is 3.92. The van der Waals surface area contributed by atoms with E-state index in [0.717, 1.165) is 0 Å². The monoisotopic (exact) mass is 118 g/mol. The van der Waals surface area contributed by atoms with Crippen molar-refractivity contribution >= 4 is 23.5 Å². The standard InChI is InChI=1S/C5H9B3O/c1-4(2)3-9-5(6,7)8/h4H,3H2,1-2H3. The molecule has 0 heterocycles. The minimum Gasteiger partial charge on any atom is -0.403 e. The summed E-state index contributed by atoms with van der Waals surface area (Å²) in [4.78, 5) is 0. The van der Waals surface area contributed by atoms with Gasteiger partial charge in [0, 0.05) is 6.61 Å². The second-order valence-corrected chi connectivity index (χ2v) is 2.56. The third-order valence-corrected chi connectivity index (χ3v) is 0.667. The second-order valence-electron chi connectivity index (χ2n) is 2.56. The molecule has 0 aliphatic carbocycles. The van der Waals surface area contributed by atoms with Gasteiger partial charge in [-0.25, -0.2) is 0 Å². The maximum atomic E-state index is 5.12. The summed E-state index contributed by atoms with van der Waals surface area (Å²) in [6, 6.07) is 0. The molecule has 0 saturated carbocycles. The Bertz CT molecular complexity index is 76.8. The van der Waals surface area contributed by atoms with Crippen molar-refractivity contribution in [3.05, 3.63) is 0 Å². The van der Waals surface area contributed by atoms with Crippen LogP contribution >= 0.6 is 0 Å². The van der Waals surface area contributed by atoms with Crippen molar-refractivity contribution in [1.29, 1.82) is 0 Å². The van der Waals surface area contributed by atoms with Gasteiger partial charge in [0.05, 0.1) is 23.5 Å². The fraction of sp³-hybridized carbons (Fsp3) is 1.00. The molecule has 0 unspecified atom stereocenters. The average Bonchev–Trinajstić information content (AvgIpc) is 1.59. The van der Waals surface area contributed by atoms with Crippen LogP contribution in [0.25, 0.3) is 0 Å². The molecular formula is C5H9B3O. The van der Waals surface area contributed by atoms with E-state index in [4.69, 9.17) is 28.3 Å². The highest BCUT2D eigenvalue weighted by Gasteiger charge is 2.08. The van der Waals surface area contributed by atoms with E-state index in [9.17, 15) is 0 Å². The largest absolute Gasteiger partial charge is 0.403 e. The minimum absolute atomic E-state index is 0.403. The number of hydrogen-bond acceptors (Lipinski definition) is 1. The van der Waals surface area contributed by atoms with Gasteiger partial charge >= 0.3 is 0 Å². The molecule has 0 fully saturated rings. The zero-order valence-corrected chi connectivity index (χ0v) is 5.92. The molecule has 0 aromatic heterocycles. The lowest BCUT2D eigenvalue weighted by Gasteiger charge is -2.22. The van der Waals surface area contributed by atoms with Gasteiger partial charge in [0.15, 0.2) is 0 Å². The molecule has 0 saturated heterocycles. The Kier molecular flexibility index (Phi) is 3.41. The summed E-state index contributed by atoms with van der Waals surface area (Å²) in [5, 5.41) is -1.47. The van der Waals surface area contributed by atoms with Crippen molar-refractivity contribution in [2.24, 2.45) is 5.92 Å². The van der Waals surface area contributed by atoms with E-state index in [1.54, 1.807) is 0 Å². The molecule has 44 valence electrons. The fourth-order valence-corrected chi connectivity index (χ4v) is 0.311. The van der Waals surface area contributed by atoms with Crippen molar-refractivity contribution in [3.8, 4) is 0 Å². The van der Waals surface area contributed by atoms with Crippen LogP contribution in [0.1, 0.15) is 13.8 Å². The van der Waals surface area contributed by atoms with E-state index < -0.39 is 5.30 Å². The summed E-state index contributed by atoms with van der Waals surface area (Å²) in [7, 11) is 15.4. The van der Waals surface area contributed by atoms with Crippen molar-refractivity contribution in [1.82, 2.24) is 0 Å².